The van der Waals surface area contributed by atoms with Crippen LogP contribution in [0, 0.1) is 13.8 Å². The predicted octanol–water partition coefficient (Wildman–Crippen LogP) is 2.82. The lowest BCUT2D eigenvalue weighted by Gasteiger charge is -2.19. The monoisotopic (exact) mass is 228 g/mol. The molecule has 0 spiro atoms. The summed E-state index contributed by atoms with van der Waals surface area (Å²) in [5, 5.41) is 0. The molecule has 0 N–H and O–H groups in total. The Bertz CT molecular complexity index is 653. The Morgan fingerprint density at radius 1 is 1.18 bits per heavy atom. The molecule has 3 rings (SSSR count). The van der Waals surface area contributed by atoms with Gasteiger partial charge in [-0.15, -0.1) is 0 Å². The summed E-state index contributed by atoms with van der Waals surface area (Å²) >= 11 is 0. The van der Waals surface area contributed by atoms with Gasteiger partial charge < -0.3 is 9.15 Å². The fourth-order valence-electron chi connectivity index (χ4n) is 2.09. The minimum atomic E-state index is -0.0177. The van der Waals surface area contributed by atoms with E-state index in [9.17, 15) is 4.79 Å². The van der Waals surface area contributed by atoms with Crippen molar-refractivity contribution in [3.05, 3.63) is 51.4 Å². The third-order valence-corrected chi connectivity index (χ3v) is 2.92. The van der Waals surface area contributed by atoms with E-state index in [-0.39, 0.29) is 12.0 Å². The molecular formula is C14H12O3. The van der Waals surface area contributed by atoms with E-state index in [1.54, 1.807) is 6.92 Å². The van der Waals surface area contributed by atoms with Crippen molar-refractivity contribution in [2.45, 2.75) is 20.5 Å². The molecule has 0 aliphatic carbocycles. The molecule has 2 heterocycles. The highest BCUT2D eigenvalue weighted by molar-refractivity contribution is 5.70. The van der Waals surface area contributed by atoms with Crippen molar-refractivity contribution in [1.82, 2.24) is 0 Å². The van der Waals surface area contributed by atoms with Gasteiger partial charge in [0, 0.05) is 6.07 Å². The molecular weight excluding hydrogens is 216 g/mol. The molecule has 0 amide bonds. The predicted molar refractivity (Wildman–Crippen MR) is 64.2 cm³/mol. The SMILES string of the molecule is Cc1ccc2c(c1)-c1oc(C)cc(=O)c1CO2. The highest BCUT2D eigenvalue weighted by Crippen LogP contribution is 2.36. The molecule has 0 atom stereocenters. The average Bonchev–Trinajstić information content (AvgIpc) is 2.28. The van der Waals surface area contributed by atoms with Crippen molar-refractivity contribution >= 4 is 0 Å². The molecule has 2 aromatic rings. The first-order chi connectivity index (χ1) is 8.15. The number of benzene rings is 1. The topological polar surface area (TPSA) is 39.4 Å². The molecule has 0 bridgehead atoms. The molecule has 0 saturated heterocycles. The van der Waals surface area contributed by atoms with Crippen LogP contribution in [-0.4, -0.2) is 0 Å². The molecule has 0 fully saturated rings. The molecule has 1 aromatic heterocycles. The van der Waals surface area contributed by atoms with Gasteiger partial charge in [-0.2, -0.15) is 0 Å². The van der Waals surface area contributed by atoms with Crippen LogP contribution >= 0.6 is 0 Å². The summed E-state index contributed by atoms with van der Waals surface area (Å²) < 4.78 is 11.2. The van der Waals surface area contributed by atoms with Crippen LogP contribution in [0.1, 0.15) is 16.9 Å². The smallest absolute Gasteiger partial charge is 0.192 e. The summed E-state index contributed by atoms with van der Waals surface area (Å²) in [5.74, 6) is 2.06. The van der Waals surface area contributed by atoms with Crippen molar-refractivity contribution in [2.24, 2.45) is 0 Å². The van der Waals surface area contributed by atoms with Crippen LogP contribution < -0.4 is 10.2 Å². The lowest BCUT2D eigenvalue weighted by Crippen LogP contribution is -2.16. The zero-order chi connectivity index (χ0) is 12.0. The normalized spacial score (nSPS) is 12.6. The lowest BCUT2D eigenvalue weighted by molar-refractivity contribution is 0.292. The first-order valence-electron chi connectivity index (χ1n) is 5.52. The van der Waals surface area contributed by atoms with Crippen molar-refractivity contribution in [3.8, 4) is 17.1 Å². The third kappa shape index (κ3) is 1.55. The standard InChI is InChI=1S/C14H12O3/c1-8-3-4-13-10(5-8)14-11(7-16-13)12(15)6-9(2)17-14/h3-6H,7H2,1-2H3. The number of aryl methyl sites for hydroxylation is 2. The fourth-order valence-corrected chi connectivity index (χ4v) is 2.09. The highest BCUT2D eigenvalue weighted by atomic mass is 16.5. The first kappa shape index (κ1) is 10.1. The Kier molecular flexibility index (Phi) is 2.08. The van der Waals surface area contributed by atoms with Crippen LogP contribution in [0.15, 0.2) is 33.5 Å². The summed E-state index contributed by atoms with van der Waals surface area (Å²) in [6.45, 7) is 4.07. The maximum absolute atomic E-state index is 11.8. The molecule has 3 heteroatoms. The molecule has 86 valence electrons. The van der Waals surface area contributed by atoms with Gasteiger partial charge in [0.2, 0.25) is 0 Å². The quantitative estimate of drug-likeness (QED) is 0.696. The Hall–Kier alpha value is -2.03. The maximum Gasteiger partial charge on any atom is 0.192 e. The number of fused-ring (bicyclic) bond motifs is 3. The zero-order valence-electron chi connectivity index (χ0n) is 9.74. The van der Waals surface area contributed by atoms with E-state index in [1.807, 2.05) is 25.1 Å². The van der Waals surface area contributed by atoms with Crippen LogP contribution in [0.5, 0.6) is 5.75 Å². The number of hydrogen-bond donors (Lipinski definition) is 0. The van der Waals surface area contributed by atoms with E-state index < -0.39 is 0 Å². The lowest BCUT2D eigenvalue weighted by atomic mass is 10.0. The maximum atomic E-state index is 11.8. The van der Waals surface area contributed by atoms with Crippen LogP contribution in [0.4, 0.5) is 0 Å². The summed E-state index contributed by atoms with van der Waals surface area (Å²) in [4.78, 5) is 11.8. The number of hydrogen-bond acceptors (Lipinski definition) is 3. The molecule has 0 radical (unpaired) electrons. The second-order valence-electron chi connectivity index (χ2n) is 4.32. The molecule has 3 nitrogen and oxygen atoms in total. The zero-order valence-corrected chi connectivity index (χ0v) is 9.74. The highest BCUT2D eigenvalue weighted by Gasteiger charge is 2.22. The number of ether oxygens (including phenoxy) is 1. The molecule has 0 saturated carbocycles. The van der Waals surface area contributed by atoms with Gasteiger partial charge in [0.1, 0.15) is 23.9 Å². The van der Waals surface area contributed by atoms with Crippen LogP contribution in [-0.2, 0) is 6.61 Å². The Morgan fingerprint density at radius 2 is 2.00 bits per heavy atom. The Morgan fingerprint density at radius 3 is 2.82 bits per heavy atom. The van der Waals surface area contributed by atoms with Crippen molar-refractivity contribution in [1.29, 1.82) is 0 Å². The van der Waals surface area contributed by atoms with Crippen molar-refractivity contribution in [2.75, 3.05) is 0 Å². The Balaban J connectivity index is 2.35. The van der Waals surface area contributed by atoms with Gasteiger partial charge in [0.05, 0.1) is 11.1 Å². The molecule has 1 aromatic carbocycles. The summed E-state index contributed by atoms with van der Waals surface area (Å²) in [5.41, 5.74) is 2.57. The van der Waals surface area contributed by atoms with Gasteiger partial charge in [-0.3, -0.25) is 4.79 Å². The molecule has 1 aliphatic rings. The summed E-state index contributed by atoms with van der Waals surface area (Å²) in [6, 6.07) is 7.38. The number of rotatable bonds is 0. The van der Waals surface area contributed by atoms with Crippen LogP contribution in [0.3, 0.4) is 0 Å². The second kappa shape index (κ2) is 3.48. The largest absolute Gasteiger partial charge is 0.488 e. The van der Waals surface area contributed by atoms with E-state index in [4.69, 9.17) is 9.15 Å². The molecule has 1 aliphatic heterocycles. The third-order valence-electron chi connectivity index (χ3n) is 2.92. The van der Waals surface area contributed by atoms with Gasteiger partial charge in [0.25, 0.3) is 0 Å². The van der Waals surface area contributed by atoms with E-state index in [0.29, 0.717) is 17.1 Å². The Labute approximate surface area is 98.7 Å². The van der Waals surface area contributed by atoms with E-state index in [0.717, 1.165) is 16.9 Å². The average molecular weight is 228 g/mol. The van der Waals surface area contributed by atoms with E-state index >= 15 is 0 Å². The fraction of sp³-hybridized carbons (Fsp3) is 0.214. The summed E-state index contributed by atoms with van der Waals surface area (Å²) in [7, 11) is 0. The van der Waals surface area contributed by atoms with Gasteiger partial charge in [-0.25, -0.2) is 0 Å². The molecule has 0 unspecified atom stereocenters. The minimum Gasteiger partial charge on any atom is -0.488 e. The van der Waals surface area contributed by atoms with Gasteiger partial charge in [-0.1, -0.05) is 11.6 Å². The van der Waals surface area contributed by atoms with Crippen LogP contribution in [0.25, 0.3) is 11.3 Å². The minimum absolute atomic E-state index is 0.0177. The van der Waals surface area contributed by atoms with E-state index in [1.165, 1.54) is 6.07 Å². The van der Waals surface area contributed by atoms with Crippen LogP contribution in [0.2, 0.25) is 0 Å². The van der Waals surface area contributed by atoms with E-state index in [2.05, 4.69) is 0 Å². The van der Waals surface area contributed by atoms with Gasteiger partial charge >= 0.3 is 0 Å². The van der Waals surface area contributed by atoms with Crippen molar-refractivity contribution < 1.29 is 9.15 Å². The second-order valence-corrected chi connectivity index (χ2v) is 4.32. The van der Waals surface area contributed by atoms with Gasteiger partial charge in [-0.05, 0) is 26.0 Å². The first-order valence-corrected chi connectivity index (χ1v) is 5.52. The van der Waals surface area contributed by atoms with Crippen molar-refractivity contribution in [3.63, 3.8) is 0 Å². The van der Waals surface area contributed by atoms with Gasteiger partial charge in [0.15, 0.2) is 5.43 Å². The molecule has 17 heavy (non-hydrogen) atoms. The summed E-state index contributed by atoms with van der Waals surface area (Å²) in [6.07, 6.45) is 0.